The van der Waals surface area contributed by atoms with Gasteiger partial charge in [0.25, 0.3) is 5.91 Å². The summed E-state index contributed by atoms with van der Waals surface area (Å²) in [7, 11) is 0. The molecule has 2 aliphatic rings. The second kappa shape index (κ2) is 4.42. The highest BCUT2D eigenvalue weighted by molar-refractivity contribution is 6.00. The van der Waals surface area contributed by atoms with Crippen LogP contribution in [-0.2, 0) is 4.79 Å². The van der Waals surface area contributed by atoms with Crippen LogP contribution in [0.25, 0.3) is 0 Å². The molecule has 0 unspecified atom stereocenters. The second-order valence-corrected chi connectivity index (χ2v) is 4.96. The molecular formula is C13H13FN4O2. The Hall–Kier alpha value is -2.20. The van der Waals surface area contributed by atoms with E-state index in [4.69, 9.17) is 10.00 Å². The van der Waals surface area contributed by atoms with E-state index in [1.54, 1.807) is 0 Å². The molecule has 1 aromatic rings. The van der Waals surface area contributed by atoms with Crippen LogP contribution in [0.2, 0.25) is 0 Å². The highest BCUT2D eigenvalue weighted by Crippen LogP contribution is 2.39. The molecule has 1 amide bonds. The van der Waals surface area contributed by atoms with Crippen LogP contribution in [0.15, 0.2) is 12.3 Å². The lowest BCUT2D eigenvalue weighted by molar-refractivity contribution is -0.131. The van der Waals surface area contributed by atoms with E-state index >= 15 is 0 Å². The molecule has 1 aromatic heterocycles. The number of fused-ring (bicyclic) bond motifs is 1. The van der Waals surface area contributed by atoms with E-state index in [0.29, 0.717) is 13.1 Å². The Morgan fingerprint density at radius 2 is 2.55 bits per heavy atom. The van der Waals surface area contributed by atoms with Gasteiger partial charge in [0.1, 0.15) is 11.9 Å². The van der Waals surface area contributed by atoms with Crippen molar-refractivity contribution >= 4 is 11.7 Å². The van der Waals surface area contributed by atoms with Crippen molar-refractivity contribution in [3.05, 3.63) is 18.1 Å². The summed E-state index contributed by atoms with van der Waals surface area (Å²) in [4.78, 5) is 17.9. The first-order chi connectivity index (χ1) is 9.58. The molecule has 104 valence electrons. The van der Waals surface area contributed by atoms with Gasteiger partial charge in [-0.05, 0) is 6.54 Å². The van der Waals surface area contributed by atoms with Gasteiger partial charge >= 0.3 is 0 Å². The largest absolute Gasteiger partial charge is 0.472 e. The molecule has 6 nitrogen and oxygen atoms in total. The molecule has 0 bridgehead atoms. The summed E-state index contributed by atoms with van der Waals surface area (Å²) in [5.41, 5.74) is -1.14. The molecule has 1 fully saturated rings. The standard InChI is InChI=1S/C13H13FN4O2/c1-2-18-7-13(4-9(18)5-15)12(19)17-11-10(20-13)3-8(14)6-16-11/h3,6,9H,2,4,7H2,1H3,(H,16,17,19)/t9-,13+/m0/s1. The van der Waals surface area contributed by atoms with E-state index < -0.39 is 11.4 Å². The molecule has 2 aliphatic heterocycles. The third kappa shape index (κ3) is 1.80. The normalized spacial score (nSPS) is 28.6. The number of likely N-dealkylation sites (tertiary alicyclic amines) is 1. The maximum Gasteiger partial charge on any atom is 0.271 e. The van der Waals surface area contributed by atoms with Crippen molar-refractivity contribution in [2.45, 2.75) is 25.0 Å². The fraction of sp³-hybridized carbons (Fsp3) is 0.462. The zero-order valence-corrected chi connectivity index (χ0v) is 10.9. The van der Waals surface area contributed by atoms with Crippen LogP contribution in [-0.4, -0.2) is 40.5 Å². The number of carbonyl (C=O) groups excluding carboxylic acids is 1. The number of hydrogen-bond acceptors (Lipinski definition) is 5. The van der Waals surface area contributed by atoms with Gasteiger partial charge in [0.05, 0.1) is 12.3 Å². The van der Waals surface area contributed by atoms with Gasteiger partial charge in [0, 0.05) is 19.0 Å². The topological polar surface area (TPSA) is 78.2 Å². The SMILES string of the molecule is CCN1C[C@@]2(C[C@H]1C#N)Oc1cc(F)cnc1NC2=O. The first-order valence-corrected chi connectivity index (χ1v) is 6.37. The van der Waals surface area contributed by atoms with Crippen LogP contribution in [0.5, 0.6) is 5.75 Å². The zero-order valence-electron chi connectivity index (χ0n) is 10.9. The van der Waals surface area contributed by atoms with Gasteiger partial charge in [0.2, 0.25) is 5.60 Å². The van der Waals surface area contributed by atoms with Gasteiger partial charge in [0.15, 0.2) is 11.6 Å². The number of amides is 1. The third-order valence-corrected chi connectivity index (χ3v) is 3.75. The molecule has 3 rings (SSSR count). The number of likely N-dealkylation sites (N-methyl/N-ethyl adjacent to an activating group) is 1. The zero-order chi connectivity index (χ0) is 14.3. The molecule has 20 heavy (non-hydrogen) atoms. The number of pyridine rings is 1. The molecule has 1 N–H and O–H groups in total. The number of nitrogens with zero attached hydrogens (tertiary/aromatic N) is 3. The van der Waals surface area contributed by atoms with Crippen molar-refractivity contribution in [3.8, 4) is 11.8 Å². The van der Waals surface area contributed by atoms with Crippen molar-refractivity contribution in [1.82, 2.24) is 9.88 Å². The van der Waals surface area contributed by atoms with Crippen LogP contribution < -0.4 is 10.1 Å². The van der Waals surface area contributed by atoms with E-state index in [1.165, 1.54) is 6.07 Å². The van der Waals surface area contributed by atoms with Gasteiger partial charge in [-0.2, -0.15) is 5.26 Å². The average Bonchev–Trinajstić information content (AvgIpc) is 2.80. The lowest BCUT2D eigenvalue weighted by Gasteiger charge is -2.33. The third-order valence-electron chi connectivity index (χ3n) is 3.75. The van der Waals surface area contributed by atoms with E-state index in [2.05, 4.69) is 16.4 Å². The lowest BCUT2D eigenvalue weighted by Crippen LogP contribution is -2.52. The molecule has 0 radical (unpaired) electrons. The minimum absolute atomic E-state index is 0.208. The fourth-order valence-corrected chi connectivity index (χ4v) is 2.71. The highest BCUT2D eigenvalue weighted by Gasteiger charge is 2.53. The number of nitriles is 1. The summed E-state index contributed by atoms with van der Waals surface area (Å²) >= 11 is 0. The van der Waals surface area contributed by atoms with Gasteiger partial charge in [-0.25, -0.2) is 9.37 Å². The Kier molecular flexibility index (Phi) is 2.83. The molecule has 0 saturated carbocycles. The van der Waals surface area contributed by atoms with Crippen LogP contribution in [0.3, 0.4) is 0 Å². The molecule has 0 aliphatic carbocycles. The Morgan fingerprint density at radius 1 is 1.75 bits per heavy atom. The molecule has 1 saturated heterocycles. The van der Waals surface area contributed by atoms with Gasteiger partial charge in [-0.1, -0.05) is 6.92 Å². The number of anilines is 1. The number of nitrogens with one attached hydrogen (secondary N) is 1. The minimum Gasteiger partial charge on any atom is -0.472 e. The van der Waals surface area contributed by atoms with Crippen molar-refractivity contribution in [1.29, 1.82) is 5.26 Å². The molecule has 2 atom stereocenters. The number of carbonyl (C=O) groups is 1. The Morgan fingerprint density at radius 3 is 3.20 bits per heavy atom. The summed E-state index contributed by atoms with van der Waals surface area (Å²) in [6.45, 7) is 2.87. The maximum atomic E-state index is 13.2. The first-order valence-electron chi connectivity index (χ1n) is 6.37. The van der Waals surface area contributed by atoms with E-state index in [9.17, 15) is 9.18 Å². The Labute approximate surface area is 115 Å². The summed E-state index contributed by atoms with van der Waals surface area (Å²) < 4.78 is 19.0. The monoisotopic (exact) mass is 276 g/mol. The predicted octanol–water partition coefficient (Wildman–Crippen LogP) is 0.908. The van der Waals surface area contributed by atoms with Crippen LogP contribution in [0, 0.1) is 17.1 Å². The molecule has 3 heterocycles. The predicted molar refractivity (Wildman–Crippen MR) is 67.4 cm³/mol. The van der Waals surface area contributed by atoms with Crippen molar-refractivity contribution < 1.29 is 13.9 Å². The van der Waals surface area contributed by atoms with Gasteiger partial charge in [-0.15, -0.1) is 0 Å². The van der Waals surface area contributed by atoms with Crippen molar-refractivity contribution in [2.24, 2.45) is 0 Å². The van der Waals surface area contributed by atoms with Crippen LogP contribution in [0.1, 0.15) is 13.3 Å². The first kappa shape index (κ1) is 12.8. The fourth-order valence-electron chi connectivity index (χ4n) is 2.71. The van der Waals surface area contributed by atoms with Gasteiger partial charge in [-0.3, -0.25) is 9.69 Å². The average molecular weight is 276 g/mol. The van der Waals surface area contributed by atoms with Crippen molar-refractivity contribution in [3.63, 3.8) is 0 Å². The summed E-state index contributed by atoms with van der Waals surface area (Å²) in [6.07, 6.45) is 1.28. The number of rotatable bonds is 1. The number of ether oxygens (including phenoxy) is 1. The molecule has 7 heteroatoms. The van der Waals surface area contributed by atoms with Gasteiger partial charge < -0.3 is 10.1 Å². The minimum atomic E-state index is -1.14. The summed E-state index contributed by atoms with van der Waals surface area (Å²) in [5.74, 6) is -0.442. The maximum absolute atomic E-state index is 13.2. The van der Waals surface area contributed by atoms with Crippen LogP contribution in [0.4, 0.5) is 10.2 Å². The Bertz CT molecular complexity index is 615. The number of aromatic nitrogens is 1. The second-order valence-electron chi connectivity index (χ2n) is 4.96. The highest BCUT2D eigenvalue weighted by atomic mass is 19.1. The molecule has 0 aromatic carbocycles. The van der Waals surface area contributed by atoms with E-state index in [-0.39, 0.29) is 29.9 Å². The number of halogens is 1. The smallest absolute Gasteiger partial charge is 0.271 e. The molecule has 1 spiro atoms. The summed E-state index contributed by atoms with van der Waals surface area (Å²) in [5, 5.41) is 11.8. The number of hydrogen-bond donors (Lipinski definition) is 1. The van der Waals surface area contributed by atoms with Crippen LogP contribution >= 0.6 is 0 Å². The van der Waals surface area contributed by atoms with E-state index in [1.807, 2.05) is 11.8 Å². The van der Waals surface area contributed by atoms with Crippen molar-refractivity contribution in [2.75, 3.05) is 18.4 Å². The summed E-state index contributed by atoms with van der Waals surface area (Å²) in [6, 6.07) is 2.98. The molecular weight excluding hydrogens is 263 g/mol. The quantitative estimate of drug-likeness (QED) is 0.824. The van der Waals surface area contributed by atoms with E-state index in [0.717, 1.165) is 6.20 Å². The lowest BCUT2D eigenvalue weighted by atomic mass is 9.97. The Balaban J connectivity index is 1.96.